The molecule has 0 saturated heterocycles. The van der Waals surface area contributed by atoms with Crippen molar-refractivity contribution in [3.8, 4) is 0 Å². The van der Waals surface area contributed by atoms with Crippen LogP contribution in [0, 0.1) is 5.82 Å². The number of rotatable bonds is 5. The van der Waals surface area contributed by atoms with Gasteiger partial charge in [0.2, 0.25) is 0 Å². The second kappa shape index (κ2) is 6.30. The van der Waals surface area contributed by atoms with Crippen molar-refractivity contribution in [3.63, 3.8) is 0 Å². The quantitative estimate of drug-likeness (QED) is 0.648. The Morgan fingerprint density at radius 2 is 2.22 bits per heavy atom. The number of nitrogens with two attached hydrogens (primary N) is 1. The van der Waals surface area contributed by atoms with Gasteiger partial charge in [0.15, 0.2) is 0 Å². The molecule has 0 aliphatic rings. The van der Waals surface area contributed by atoms with Crippen molar-refractivity contribution in [2.75, 3.05) is 25.1 Å². The van der Waals surface area contributed by atoms with E-state index in [0.717, 1.165) is 0 Å². The van der Waals surface area contributed by atoms with Crippen LogP contribution in [0.5, 0.6) is 0 Å². The van der Waals surface area contributed by atoms with Gasteiger partial charge >= 0.3 is 5.97 Å². The molecule has 0 unspecified atom stereocenters. The molecule has 0 spiro atoms. The molecular weight excluding hydrogens is 255 g/mol. The molecule has 0 atom stereocenters. The van der Waals surface area contributed by atoms with Gasteiger partial charge in [-0.2, -0.15) is 0 Å². The minimum atomic E-state index is -0.421. The van der Waals surface area contributed by atoms with Crippen LogP contribution in [-0.4, -0.2) is 31.2 Å². The number of carbonyl (C=O) groups excluding carboxylic acids is 1. The van der Waals surface area contributed by atoms with Gasteiger partial charge in [-0.05, 0) is 25.1 Å². The van der Waals surface area contributed by atoms with Crippen molar-refractivity contribution in [2.45, 2.75) is 6.92 Å². The van der Waals surface area contributed by atoms with E-state index < -0.39 is 5.82 Å². The first kappa shape index (κ1) is 14.4. The average Bonchev–Trinajstić information content (AvgIpc) is 2.35. The van der Waals surface area contributed by atoms with Crippen molar-refractivity contribution in [2.24, 2.45) is 5.73 Å². The Bertz CT molecular complexity index is 465. The molecule has 0 heterocycles. The van der Waals surface area contributed by atoms with Crippen molar-refractivity contribution in [1.29, 1.82) is 0 Å². The van der Waals surface area contributed by atoms with E-state index in [4.69, 9.17) is 18.0 Å². The Morgan fingerprint density at radius 3 is 2.72 bits per heavy atom. The van der Waals surface area contributed by atoms with Crippen molar-refractivity contribution in [1.82, 2.24) is 0 Å². The predicted octanol–water partition coefficient (Wildman–Crippen LogP) is 1.46. The number of methoxy groups -OCH3 is 1. The third-order valence-electron chi connectivity index (χ3n) is 2.49. The summed E-state index contributed by atoms with van der Waals surface area (Å²) in [6, 6.07) is 4.12. The van der Waals surface area contributed by atoms with Gasteiger partial charge in [0.1, 0.15) is 17.4 Å². The van der Waals surface area contributed by atoms with E-state index in [1.165, 1.54) is 19.2 Å². The summed E-state index contributed by atoms with van der Waals surface area (Å²) >= 11 is 4.89. The summed E-state index contributed by atoms with van der Waals surface area (Å²) in [6.45, 7) is 2.49. The molecule has 0 aromatic heterocycles. The van der Waals surface area contributed by atoms with Crippen molar-refractivity contribution < 1.29 is 13.9 Å². The highest BCUT2D eigenvalue weighted by molar-refractivity contribution is 7.80. The number of anilines is 1. The van der Waals surface area contributed by atoms with E-state index in [1.54, 1.807) is 11.0 Å². The lowest BCUT2D eigenvalue weighted by Crippen LogP contribution is -2.32. The number of hydrogen-bond acceptors (Lipinski definition) is 4. The minimum absolute atomic E-state index is 0.0637. The summed E-state index contributed by atoms with van der Waals surface area (Å²) in [6.07, 6.45) is 0. The summed E-state index contributed by atoms with van der Waals surface area (Å²) in [4.78, 5) is 13.1. The van der Waals surface area contributed by atoms with Gasteiger partial charge in [-0.15, -0.1) is 0 Å². The molecule has 0 aliphatic carbocycles. The van der Waals surface area contributed by atoms with Gasteiger partial charge in [-0.3, -0.25) is 4.79 Å². The highest BCUT2D eigenvalue weighted by Crippen LogP contribution is 2.21. The summed E-state index contributed by atoms with van der Waals surface area (Å²) in [7, 11) is 1.31. The molecule has 98 valence electrons. The monoisotopic (exact) mass is 270 g/mol. The molecule has 0 radical (unpaired) electrons. The van der Waals surface area contributed by atoms with E-state index in [0.29, 0.717) is 17.8 Å². The molecule has 1 aromatic rings. The summed E-state index contributed by atoms with van der Waals surface area (Å²) < 4.78 is 17.8. The van der Waals surface area contributed by atoms with Gasteiger partial charge in [0.25, 0.3) is 0 Å². The Labute approximate surface area is 111 Å². The number of halogens is 1. The number of hydrogen-bond donors (Lipinski definition) is 1. The predicted molar refractivity (Wildman–Crippen MR) is 72.2 cm³/mol. The van der Waals surface area contributed by atoms with E-state index >= 15 is 0 Å². The maximum atomic E-state index is 13.2. The van der Waals surface area contributed by atoms with E-state index in [2.05, 4.69) is 4.74 Å². The van der Waals surface area contributed by atoms with Crippen LogP contribution in [0.2, 0.25) is 0 Å². The normalized spacial score (nSPS) is 9.94. The molecular formula is C12H15FN2O2S. The molecule has 0 amide bonds. The standard InChI is InChI=1S/C12H15FN2O2S/c1-3-15(7-11(16)17-2)10-5-4-8(13)6-9(10)12(14)18/h4-6H,3,7H2,1-2H3,(H2,14,18). The number of nitrogens with zero attached hydrogens (tertiary/aromatic N) is 1. The van der Waals surface area contributed by atoms with Crippen LogP contribution in [0.1, 0.15) is 12.5 Å². The van der Waals surface area contributed by atoms with Crippen LogP contribution in [0.3, 0.4) is 0 Å². The SMILES string of the molecule is CCN(CC(=O)OC)c1ccc(F)cc1C(N)=S. The number of likely N-dealkylation sites (N-methyl/N-ethyl adjacent to an activating group) is 1. The second-order valence-electron chi connectivity index (χ2n) is 3.62. The summed E-state index contributed by atoms with van der Waals surface area (Å²) in [5, 5.41) is 0. The first-order valence-electron chi connectivity index (χ1n) is 5.40. The van der Waals surface area contributed by atoms with E-state index in [-0.39, 0.29) is 17.5 Å². The number of esters is 1. The van der Waals surface area contributed by atoms with E-state index in [1.807, 2.05) is 6.92 Å². The fourth-order valence-corrected chi connectivity index (χ4v) is 1.73. The lowest BCUT2D eigenvalue weighted by Gasteiger charge is -2.24. The van der Waals surface area contributed by atoms with Crippen LogP contribution in [0.25, 0.3) is 0 Å². The molecule has 0 saturated carbocycles. The van der Waals surface area contributed by atoms with Crippen molar-refractivity contribution >= 4 is 28.9 Å². The molecule has 1 rings (SSSR count). The molecule has 18 heavy (non-hydrogen) atoms. The highest BCUT2D eigenvalue weighted by Gasteiger charge is 2.15. The third kappa shape index (κ3) is 3.40. The zero-order valence-electron chi connectivity index (χ0n) is 10.3. The molecule has 4 nitrogen and oxygen atoms in total. The zero-order valence-corrected chi connectivity index (χ0v) is 11.1. The molecule has 2 N–H and O–H groups in total. The fourth-order valence-electron chi connectivity index (χ4n) is 1.57. The minimum Gasteiger partial charge on any atom is -0.468 e. The topological polar surface area (TPSA) is 55.6 Å². The maximum absolute atomic E-state index is 13.2. The Kier molecular flexibility index (Phi) is 5.03. The molecule has 0 fully saturated rings. The van der Waals surface area contributed by atoms with E-state index in [9.17, 15) is 9.18 Å². The number of ether oxygens (including phenoxy) is 1. The van der Waals surface area contributed by atoms with Crippen LogP contribution in [0.15, 0.2) is 18.2 Å². The molecule has 6 heteroatoms. The smallest absolute Gasteiger partial charge is 0.325 e. The largest absolute Gasteiger partial charge is 0.468 e. The molecule has 1 aromatic carbocycles. The van der Waals surface area contributed by atoms with Gasteiger partial charge in [0, 0.05) is 17.8 Å². The van der Waals surface area contributed by atoms with Crippen LogP contribution < -0.4 is 10.6 Å². The maximum Gasteiger partial charge on any atom is 0.325 e. The number of thiocarbonyl (C=S) groups is 1. The van der Waals surface area contributed by atoms with Crippen molar-refractivity contribution in [3.05, 3.63) is 29.6 Å². The van der Waals surface area contributed by atoms with Crippen LogP contribution >= 0.6 is 12.2 Å². The van der Waals surface area contributed by atoms with Gasteiger partial charge in [-0.1, -0.05) is 12.2 Å². The lowest BCUT2D eigenvalue weighted by molar-refractivity contribution is -0.138. The first-order valence-corrected chi connectivity index (χ1v) is 5.81. The third-order valence-corrected chi connectivity index (χ3v) is 2.71. The van der Waals surface area contributed by atoms with Crippen LogP contribution in [-0.2, 0) is 9.53 Å². The molecule has 0 aliphatic heterocycles. The molecule has 0 bridgehead atoms. The lowest BCUT2D eigenvalue weighted by atomic mass is 10.1. The summed E-state index contributed by atoms with van der Waals surface area (Å²) in [5.41, 5.74) is 6.60. The van der Waals surface area contributed by atoms with Gasteiger partial charge in [0.05, 0.1) is 7.11 Å². The van der Waals surface area contributed by atoms with Gasteiger partial charge in [-0.25, -0.2) is 4.39 Å². The summed E-state index contributed by atoms with van der Waals surface area (Å²) in [5.74, 6) is -0.800. The Hall–Kier alpha value is -1.69. The van der Waals surface area contributed by atoms with Gasteiger partial charge < -0.3 is 15.4 Å². The fraction of sp³-hybridized carbons (Fsp3) is 0.333. The Morgan fingerprint density at radius 1 is 1.56 bits per heavy atom. The second-order valence-corrected chi connectivity index (χ2v) is 4.06. The number of carbonyl (C=O) groups is 1. The zero-order chi connectivity index (χ0) is 13.7. The van der Waals surface area contributed by atoms with Crippen LogP contribution in [0.4, 0.5) is 10.1 Å². The first-order chi connectivity index (χ1) is 8.49. The Balaban J connectivity index is 3.12. The highest BCUT2D eigenvalue weighted by atomic mass is 32.1. The average molecular weight is 270 g/mol. The number of benzene rings is 1.